The molecule has 0 fully saturated rings. The molecule has 0 bridgehead atoms. The Morgan fingerprint density at radius 1 is 1.17 bits per heavy atom. The maximum atomic E-state index is 13.4. The molecule has 1 aliphatic rings. The molecular weight excluding hydrogens is 307 g/mol. The van der Waals surface area contributed by atoms with Crippen LogP contribution in [-0.2, 0) is 16.0 Å². The SMILES string of the molecule is C[C@@H]1CC(=O)N(C)c2ccccc2N1C(=O)Cc1cccc(F)c1. The first-order valence-corrected chi connectivity index (χ1v) is 7.89. The Kier molecular flexibility index (Phi) is 4.34. The molecule has 1 aliphatic heterocycles. The third-order valence-electron chi connectivity index (χ3n) is 4.30. The van der Waals surface area contributed by atoms with E-state index in [0.717, 1.165) is 0 Å². The molecule has 0 spiro atoms. The number of amides is 2. The van der Waals surface area contributed by atoms with Crippen LogP contribution in [0.15, 0.2) is 48.5 Å². The maximum absolute atomic E-state index is 13.4. The molecule has 4 nitrogen and oxygen atoms in total. The van der Waals surface area contributed by atoms with Crippen LogP contribution < -0.4 is 9.80 Å². The van der Waals surface area contributed by atoms with Crippen molar-refractivity contribution < 1.29 is 14.0 Å². The van der Waals surface area contributed by atoms with E-state index in [1.54, 1.807) is 29.0 Å². The molecule has 0 saturated heterocycles. The molecule has 0 radical (unpaired) electrons. The Hall–Kier alpha value is -2.69. The van der Waals surface area contributed by atoms with E-state index in [1.165, 1.54) is 12.1 Å². The van der Waals surface area contributed by atoms with Gasteiger partial charge in [-0.1, -0.05) is 24.3 Å². The molecule has 0 aliphatic carbocycles. The predicted octanol–water partition coefficient (Wildman–Crippen LogP) is 3.16. The number of fused-ring (bicyclic) bond motifs is 1. The number of halogens is 1. The zero-order chi connectivity index (χ0) is 17.3. The van der Waals surface area contributed by atoms with E-state index >= 15 is 0 Å². The second kappa shape index (κ2) is 6.43. The summed E-state index contributed by atoms with van der Waals surface area (Å²) in [7, 11) is 1.72. The van der Waals surface area contributed by atoms with E-state index < -0.39 is 0 Å². The summed E-state index contributed by atoms with van der Waals surface area (Å²) in [6, 6.07) is 13.1. The van der Waals surface area contributed by atoms with Crippen molar-refractivity contribution in [2.45, 2.75) is 25.8 Å². The fourth-order valence-corrected chi connectivity index (χ4v) is 3.09. The summed E-state index contributed by atoms with van der Waals surface area (Å²) in [6.07, 6.45) is 0.342. The van der Waals surface area contributed by atoms with Gasteiger partial charge in [-0.05, 0) is 36.8 Å². The largest absolute Gasteiger partial charge is 0.313 e. The van der Waals surface area contributed by atoms with Crippen LogP contribution in [0.2, 0.25) is 0 Å². The van der Waals surface area contributed by atoms with E-state index in [-0.39, 0.29) is 36.5 Å². The fourth-order valence-electron chi connectivity index (χ4n) is 3.09. The highest BCUT2D eigenvalue weighted by atomic mass is 19.1. The summed E-state index contributed by atoms with van der Waals surface area (Å²) < 4.78 is 13.4. The van der Waals surface area contributed by atoms with E-state index in [4.69, 9.17) is 0 Å². The monoisotopic (exact) mass is 326 g/mol. The Balaban J connectivity index is 1.97. The molecule has 5 heteroatoms. The van der Waals surface area contributed by atoms with Crippen LogP contribution in [0.3, 0.4) is 0 Å². The predicted molar refractivity (Wildman–Crippen MR) is 91.5 cm³/mol. The molecule has 0 unspecified atom stereocenters. The highest BCUT2D eigenvalue weighted by molar-refractivity contribution is 6.05. The average Bonchev–Trinajstić information content (AvgIpc) is 2.63. The second-order valence-corrected chi connectivity index (χ2v) is 6.07. The lowest BCUT2D eigenvalue weighted by Crippen LogP contribution is -2.40. The quantitative estimate of drug-likeness (QED) is 0.850. The summed E-state index contributed by atoms with van der Waals surface area (Å²) in [5.74, 6) is -0.542. The van der Waals surface area contributed by atoms with Gasteiger partial charge in [0.1, 0.15) is 5.82 Å². The Morgan fingerprint density at radius 3 is 2.58 bits per heavy atom. The first-order valence-electron chi connectivity index (χ1n) is 7.89. The lowest BCUT2D eigenvalue weighted by atomic mass is 10.1. The third-order valence-corrected chi connectivity index (χ3v) is 4.30. The minimum atomic E-state index is -0.362. The van der Waals surface area contributed by atoms with Gasteiger partial charge in [-0.3, -0.25) is 9.59 Å². The number of hydrogen-bond donors (Lipinski definition) is 0. The van der Waals surface area contributed by atoms with Crippen LogP contribution in [-0.4, -0.2) is 24.9 Å². The zero-order valence-electron chi connectivity index (χ0n) is 13.7. The van der Waals surface area contributed by atoms with Gasteiger partial charge < -0.3 is 9.80 Å². The Bertz CT molecular complexity index is 790. The lowest BCUT2D eigenvalue weighted by Gasteiger charge is -2.28. The molecule has 0 aromatic heterocycles. The van der Waals surface area contributed by atoms with Gasteiger partial charge in [-0.2, -0.15) is 0 Å². The standard InChI is InChI=1S/C19H19FN2O2/c1-13-10-18(23)21(2)16-8-3-4-9-17(16)22(13)19(24)12-14-6-5-7-15(20)11-14/h3-9,11,13H,10,12H2,1-2H3/t13-/m1/s1. The highest BCUT2D eigenvalue weighted by Gasteiger charge is 2.32. The number of hydrogen-bond acceptors (Lipinski definition) is 2. The van der Waals surface area contributed by atoms with Crippen LogP contribution in [0, 0.1) is 5.82 Å². The Morgan fingerprint density at radius 2 is 1.88 bits per heavy atom. The van der Waals surface area contributed by atoms with Crippen LogP contribution in [0.4, 0.5) is 15.8 Å². The molecule has 124 valence electrons. The molecular formula is C19H19FN2O2. The maximum Gasteiger partial charge on any atom is 0.231 e. The second-order valence-electron chi connectivity index (χ2n) is 6.07. The van der Waals surface area contributed by atoms with E-state index in [0.29, 0.717) is 16.9 Å². The van der Waals surface area contributed by atoms with Crippen LogP contribution >= 0.6 is 0 Å². The van der Waals surface area contributed by atoms with Crippen LogP contribution in [0.1, 0.15) is 18.9 Å². The minimum absolute atomic E-state index is 0.0315. The van der Waals surface area contributed by atoms with Crippen molar-refractivity contribution in [3.05, 3.63) is 59.9 Å². The van der Waals surface area contributed by atoms with Crippen molar-refractivity contribution in [1.29, 1.82) is 0 Å². The van der Waals surface area contributed by atoms with E-state index in [2.05, 4.69) is 0 Å². The van der Waals surface area contributed by atoms with Crippen molar-refractivity contribution in [2.24, 2.45) is 0 Å². The van der Waals surface area contributed by atoms with Crippen LogP contribution in [0.5, 0.6) is 0 Å². The molecule has 1 heterocycles. The van der Waals surface area contributed by atoms with Gasteiger partial charge in [-0.25, -0.2) is 4.39 Å². The minimum Gasteiger partial charge on any atom is -0.313 e. The van der Waals surface area contributed by atoms with Gasteiger partial charge in [0.2, 0.25) is 11.8 Å². The van der Waals surface area contributed by atoms with Gasteiger partial charge in [0.05, 0.1) is 17.8 Å². The fraction of sp³-hybridized carbons (Fsp3) is 0.263. The average molecular weight is 326 g/mol. The highest BCUT2D eigenvalue weighted by Crippen LogP contribution is 2.34. The van der Waals surface area contributed by atoms with Gasteiger partial charge in [0.25, 0.3) is 0 Å². The number of benzene rings is 2. The van der Waals surface area contributed by atoms with Crippen LogP contribution in [0.25, 0.3) is 0 Å². The summed E-state index contributed by atoms with van der Waals surface area (Å²) in [5, 5.41) is 0. The lowest BCUT2D eigenvalue weighted by molar-refractivity contribution is -0.119. The molecule has 1 atom stereocenters. The summed E-state index contributed by atoms with van der Waals surface area (Å²) in [4.78, 5) is 28.4. The third kappa shape index (κ3) is 3.02. The van der Waals surface area contributed by atoms with E-state index in [1.807, 2.05) is 31.2 Å². The van der Waals surface area contributed by atoms with Gasteiger partial charge in [-0.15, -0.1) is 0 Å². The molecule has 24 heavy (non-hydrogen) atoms. The van der Waals surface area contributed by atoms with Crippen molar-refractivity contribution in [1.82, 2.24) is 0 Å². The van der Waals surface area contributed by atoms with Crippen molar-refractivity contribution in [3.8, 4) is 0 Å². The summed E-state index contributed by atoms with van der Waals surface area (Å²) >= 11 is 0. The smallest absolute Gasteiger partial charge is 0.231 e. The molecule has 0 N–H and O–H groups in total. The molecule has 2 aromatic rings. The van der Waals surface area contributed by atoms with Crippen molar-refractivity contribution in [2.75, 3.05) is 16.8 Å². The summed E-state index contributed by atoms with van der Waals surface area (Å²) in [6.45, 7) is 1.86. The summed E-state index contributed by atoms with van der Waals surface area (Å²) in [5.41, 5.74) is 2.04. The number of nitrogens with zero attached hydrogens (tertiary/aromatic N) is 2. The first-order chi connectivity index (χ1) is 11.5. The molecule has 2 amide bonds. The van der Waals surface area contributed by atoms with Gasteiger partial charge >= 0.3 is 0 Å². The number of carbonyl (C=O) groups excluding carboxylic acids is 2. The van der Waals surface area contributed by atoms with E-state index in [9.17, 15) is 14.0 Å². The number of para-hydroxylation sites is 2. The van der Waals surface area contributed by atoms with Gasteiger partial charge in [0, 0.05) is 19.5 Å². The molecule has 2 aromatic carbocycles. The first kappa shape index (κ1) is 16.2. The number of rotatable bonds is 2. The molecule has 0 saturated carbocycles. The number of anilines is 2. The zero-order valence-corrected chi connectivity index (χ0v) is 13.7. The van der Waals surface area contributed by atoms with Crippen molar-refractivity contribution >= 4 is 23.2 Å². The number of carbonyl (C=O) groups is 2. The normalized spacial score (nSPS) is 17.5. The topological polar surface area (TPSA) is 40.6 Å². The van der Waals surface area contributed by atoms with Gasteiger partial charge in [0.15, 0.2) is 0 Å². The Labute approximate surface area is 140 Å². The molecule has 3 rings (SSSR count). The van der Waals surface area contributed by atoms with Crippen molar-refractivity contribution in [3.63, 3.8) is 0 Å².